The number of rotatable bonds is 7. The Balaban J connectivity index is 4.19. The Kier molecular flexibility index (Phi) is 6.77. The Hall–Kier alpha value is -1.79. The molecule has 0 radical (unpaired) electrons. The van der Waals surface area contributed by atoms with E-state index in [2.05, 4.69) is 10.6 Å². The summed E-state index contributed by atoms with van der Waals surface area (Å²) >= 11 is 0. The highest BCUT2D eigenvalue weighted by Crippen LogP contribution is 2.03. The molecule has 0 spiro atoms. The fraction of sp³-hybridized carbons (Fsp3) is 0.727. The van der Waals surface area contributed by atoms with Crippen molar-refractivity contribution >= 4 is 17.9 Å². The highest BCUT2D eigenvalue weighted by molar-refractivity contribution is 5.86. The number of primary amides is 1. The molecule has 18 heavy (non-hydrogen) atoms. The molecule has 0 aliphatic carbocycles. The molecule has 0 rings (SSSR count). The van der Waals surface area contributed by atoms with Gasteiger partial charge >= 0.3 is 12.0 Å². The summed E-state index contributed by atoms with van der Waals surface area (Å²) in [5.41, 5.74) is 4.98. The minimum atomic E-state index is -0.903. The molecule has 0 aromatic rings. The fourth-order valence-corrected chi connectivity index (χ4v) is 1.33. The third-order valence-electron chi connectivity index (χ3n) is 2.55. The number of aliphatic carboxylic acids is 1. The molecule has 2 atom stereocenters. The SMILES string of the molecule is CC(CCNC(=O)C(NC(N)=O)C(C)C)C(=O)O. The van der Waals surface area contributed by atoms with Crippen molar-refractivity contribution in [2.45, 2.75) is 33.2 Å². The van der Waals surface area contributed by atoms with Crippen molar-refractivity contribution in [2.75, 3.05) is 6.54 Å². The zero-order valence-electron chi connectivity index (χ0n) is 10.9. The van der Waals surface area contributed by atoms with Crippen LogP contribution in [-0.2, 0) is 9.59 Å². The van der Waals surface area contributed by atoms with Gasteiger partial charge in [0.25, 0.3) is 0 Å². The Labute approximate surface area is 106 Å². The van der Waals surface area contributed by atoms with Gasteiger partial charge in [0.2, 0.25) is 5.91 Å². The Morgan fingerprint density at radius 3 is 2.17 bits per heavy atom. The van der Waals surface area contributed by atoms with Gasteiger partial charge in [0.05, 0.1) is 5.92 Å². The monoisotopic (exact) mass is 259 g/mol. The van der Waals surface area contributed by atoms with Gasteiger partial charge in [-0.2, -0.15) is 0 Å². The molecule has 0 aliphatic rings. The molecule has 0 saturated heterocycles. The topological polar surface area (TPSA) is 122 Å². The summed E-state index contributed by atoms with van der Waals surface area (Å²) in [6.07, 6.45) is 0.336. The standard InChI is InChI=1S/C11H21N3O4/c1-6(2)8(14-11(12)18)9(15)13-5-4-7(3)10(16)17/h6-8H,4-5H2,1-3H3,(H,13,15)(H,16,17)(H3,12,14,18). The molecule has 0 heterocycles. The summed E-state index contributed by atoms with van der Waals surface area (Å²) in [6, 6.07) is -1.47. The van der Waals surface area contributed by atoms with Crippen molar-refractivity contribution in [3.63, 3.8) is 0 Å². The normalized spacial score (nSPS) is 13.8. The number of urea groups is 1. The van der Waals surface area contributed by atoms with E-state index in [0.717, 1.165) is 0 Å². The average Bonchev–Trinajstić information content (AvgIpc) is 2.24. The smallest absolute Gasteiger partial charge is 0.312 e. The molecular formula is C11H21N3O4. The highest BCUT2D eigenvalue weighted by Gasteiger charge is 2.23. The fourth-order valence-electron chi connectivity index (χ4n) is 1.33. The zero-order valence-corrected chi connectivity index (χ0v) is 10.9. The van der Waals surface area contributed by atoms with Crippen LogP contribution in [0.3, 0.4) is 0 Å². The maximum Gasteiger partial charge on any atom is 0.312 e. The van der Waals surface area contributed by atoms with Crippen LogP contribution in [0, 0.1) is 11.8 Å². The molecule has 0 saturated carbocycles. The number of carbonyl (C=O) groups is 3. The lowest BCUT2D eigenvalue weighted by Crippen LogP contribution is -2.51. The van der Waals surface area contributed by atoms with E-state index in [1.807, 2.05) is 0 Å². The third kappa shape index (κ3) is 6.07. The number of nitrogens with two attached hydrogens (primary N) is 1. The van der Waals surface area contributed by atoms with Crippen molar-refractivity contribution in [1.82, 2.24) is 10.6 Å². The van der Waals surface area contributed by atoms with E-state index in [-0.39, 0.29) is 18.4 Å². The number of hydrogen-bond acceptors (Lipinski definition) is 3. The van der Waals surface area contributed by atoms with E-state index in [1.165, 1.54) is 0 Å². The van der Waals surface area contributed by atoms with Gasteiger partial charge < -0.3 is 21.5 Å². The second-order valence-electron chi connectivity index (χ2n) is 4.55. The number of nitrogens with one attached hydrogen (secondary N) is 2. The van der Waals surface area contributed by atoms with Gasteiger partial charge in [-0.1, -0.05) is 20.8 Å². The van der Waals surface area contributed by atoms with Crippen LogP contribution in [0.25, 0.3) is 0 Å². The Morgan fingerprint density at radius 2 is 1.78 bits per heavy atom. The van der Waals surface area contributed by atoms with E-state index in [4.69, 9.17) is 10.8 Å². The lowest BCUT2D eigenvalue weighted by atomic mass is 10.0. The van der Waals surface area contributed by atoms with Gasteiger partial charge in [0.15, 0.2) is 0 Å². The number of carbonyl (C=O) groups excluding carboxylic acids is 2. The van der Waals surface area contributed by atoms with E-state index in [0.29, 0.717) is 6.42 Å². The zero-order chi connectivity index (χ0) is 14.3. The minimum absolute atomic E-state index is 0.102. The summed E-state index contributed by atoms with van der Waals surface area (Å²) in [6.45, 7) is 5.37. The molecule has 7 heteroatoms. The van der Waals surface area contributed by atoms with Crippen molar-refractivity contribution < 1.29 is 19.5 Å². The maximum absolute atomic E-state index is 11.7. The summed E-state index contributed by atoms with van der Waals surface area (Å²) in [7, 11) is 0. The molecule has 0 aromatic carbocycles. The van der Waals surface area contributed by atoms with Gasteiger partial charge in [0.1, 0.15) is 6.04 Å². The van der Waals surface area contributed by atoms with Crippen molar-refractivity contribution in [1.29, 1.82) is 0 Å². The quantitative estimate of drug-likeness (QED) is 0.510. The first-order valence-corrected chi connectivity index (χ1v) is 5.82. The van der Waals surface area contributed by atoms with Crippen LogP contribution in [-0.4, -0.2) is 35.6 Å². The van der Waals surface area contributed by atoms with Gasteiger partial charge in [-0.3, -0.25) is 9.59 Å². The molecule has 0 bridgehead atoms. The van der Waals surface area contributed by atoms with Gasteiger partial charge in [-0.25, -0.2) is 4.79 Å². The molecule has 0 aromatic heterocycles. The average molecular weight is 259 g/mol. The van der Waals surface area contributed by atoms with Crippen LogP contribution in [0.15, 0.2) is 0 Å². The summed E-state index contributed by atoms with van der Waals surface area (Å²) < 4.78 is 0. The second-order valence-corrected chi connectivity index (χ2v) is 4.55. The van der Waals surface area contributed by atoms with E-state index in [1.54, 1.807) is 20.8 Å². The molecule has 5 N–H and O–H groups in total. The first kappa shape index (κ1) is 16.2. The third-order valence-corrected chi connectivity index (χ3v) is 2.55. The summed E-state index contributed by atoms with van der Waals surface area (Å²) in [5.74, 6) is -1.89. The number of hydrogen-bond donors (Lipinski definition) is 4. The predicted octanol–water partition coefficient (Wildman–Crippen LogP) is -0.0937. The predicted molar refractivity (Wildman–Crippen MR) is 65.8 cm³/mol. The minimum Gasteiger partial charge on any atom is -0.481 e. The summed E-state index contributed by atoms with van der Waals surface area (Å²) in [4.78, 5) is 33.1. The molecule has 3 amide bonds. The second kappa shape index (κ2) is 7.52. The van der Waals surface area contributed by atoms with Crippen LogP contribution >= 0.6 is 0 Å². The van der Waals surface area contributed by atoms with Crippen LogP contribution in [0.5, 0.6) is 0 Å². The van der Waals surface area contributed by atoms with Crippen LogP contribution in [0.1, 0.15) is 27.2 Å². The highest BCUT2D eigenvalue weighted by atomic mass is 16.4. The van der Waals surface area contributed by atoms with Crippen molar-refractivity contribution in [3.05, 3.63) is 0 Å². The van der Waals surface area contributed by atoms with Gasteiger partial charge in [-0.05, 0) is 12.3 Å². The lowest BCUT2D eigenvalue weighted by Gasteiger charge is -2.20. The molecule has 2 unspecified atom stereocenters. The van der Waals surface area contributed by atoms with E-state index >= 15 is 0 Å². The lowest BCUT2D eigenvalue weighted by molar-refractivity contribution is -0.141. The van der Waals surface area contributed by atoms with Crippen LogP contribution in [0.4, 0.5) is 4.79 Å². The summed E-state index contributed by atoms with van der Waals surface area (Å²) in [5, 5.41) is 13.6. The molecular weight excluding hydrogens is 238 g/mol. The van der Waals surface area contributed by atoms with E-state index < -0.39 is 24.0 Å². The number of amides is 3. The first-order chi connectivity index (χ1) is 8.25. The largest absolute Gasteiger partial charge is 0.481 e. The molecule has 0 fully saturated rings. The Bertz CT molecular complexity index is 317. The number of carboxylic acid groups (broad SMARTS) is 1. The van der Waals surface area contributed by atoms with E-state index in [9.17, 15) is 14.4 Å². The Morgan fingerprint density at radius 1 is 1.22 bits per heavy atom. The molecule has 104 valence electrons. The number of carboxylic acids is 1. The van der Waals surface area contributed by atoms with Crippen LogP contribution in [0.2, 0.25) is 0 Å². The van der Waals surface area contributed by atoms with Gasteiger partial charge in [-0.15, -0.1) is 0 Å². The first-order valence-electron chi connectivity index (χ1n) is 5.82. The maximum atomic E-state index is 11.7. The molecule has 7 nitrogen and oxygen atoms in total. The van der Waals surface area contributed by atoms with Crippen LogP contribution < -0.4 is 16.4 Å². The van der Waals surface area contributed by atoms with Crippen molar-refractivity contribution in [2.24, 2.45) is 17.6 Å². The van der Waals surface area contributed by atoms with Crippen molar-refractivity contribution in [3.8, 4) is 0 Å². The van der Waals surface area contributed by atoms with Gasteiger partial charge in [0, 0.05) is 6.54 Å². The molecule has 0 aliphatic heterocycles.